The van der Waals surface area contributed by atoms with Crippen molar-refractivity contribution >= 4 is 0 Å². The molecule has 0 N–H and O–H groups in total. The number of hydrogen-bond acceptors (Lipinski definition) is 10. The second kappa shape index (κ2) is 52.0. The number of rotatable bonds is 22. The molecule has 5 aliphatic carbocycles. The number of pyridine rings is 7. The average molecular weight is 2670 g/mol. The first-order chi connectivity index (χ1) is 68.5. The van der Waals surface area contributed by atoms with E-state index in [-0.39, 0.29) is 110 Å². The largest absolute Gasteiger partial charge is 2.00 e. The van der Waals surface area contributed by atoms with Gasteiger partial charge in [0.1, 0.15) is 35.4 Å². The molecule has 766 valence electrons. The fraction of sp³-hybridized carbons (Fsp3) is 0.360. The maximum Gasteiger partial charge on any atom is 2.00 e. The Bertz CT molecular complexity index is 6410. The van der Waals surface area contributed by atoms with Gasteiger partial charge in [-0.25, -0.2) is 17.6 Å². The van der Waals surface area contributed by atoms with Crippen LogP contribution in [0.4, 0.5) is 17.6 Å². The minimum atomic E-state index is -0.962. The fourth-order valence-electron chi connectivity index (χ4n) is 21.9. The number of halogens is 4. The van der Waals surface area contributed by atoms with E-state index in [9.17, 15) is 8.78 Å². The molecule has 0 spiro atoms. The van der Waals surface area contributed by atoms with Crippen LogP contribution in [0.15, 0.2) is 261 Å². The van der Waals surface area contributed by atoms with E-state index in [2.05, 4.69) is 211 Å². The first-order valence-electron chi connectivity index (χ1n) is 50.7. The van der Waals surface area contributed by atoms with Gasteiger partial charge in [-0.1, -0.05) is 188 Å². The zero-order valence-corrected chi connectivity index (χ0v) is 95.2. The molecule has 6 aromatic carbocycles. The first kappa shape index (κ1) is 114. The molecule has 0 atom stereocenters. The summed E-state index contributed by atoms with van der Waals surface area (Å²) in [6, 6.07) is 102. The molecule has 5 aliphatic rings. The SMILES string of the molecule is CC1(Cc2ccnc(-c3[c-]cccc3)c2)CCCC1.CC1(Cc2ccnc(-c3[c-]cccc3)c2)CCCC1.Cn1c(-c2[c-]cccc2)nc(C(C)(C)c2cccc(-c3[c-]cccc3)n2)c1CC1(C)CCCCC1.Cn1c(C(C)(C)c2nc(-c3[c-]cc(F)nc3F)c(CC3(C)CCCC3)n2C)nc(-c2[c-]cc(F)nc2F)c1CC1(C)CCCC1.[Ir].[Ir].[Pt+2].[Pt+2].[c-]1ccccc1-c1ccccn1.[c-]1ccccc1-c1ccccn1. The Labute approximate surface area is 919 Å². The third-order valence-electron chi connectivity index (χ3n) is 29.9. The molecule has 21 rings (SSSR count). The van der Waals surface area contributed by atoms with Crippen LogP contribution < -0.4 is 0 Å². The number of nitrogens with zero attached hydrogens (tertiary/aromatic N) is 13. The third-order valence-corrected chi connectivity index (χ3v) is 29.9. The van der Waals surface area contributed by atoms with Crippen LogP contribution in [0.25, 0.3) is 90.2 Å². The van der Waals surface area contributed by atoms with Crippen molar-refractivity contribution in [2.45, 2.75) is 240 Å². The summed E-state index contributed by atoms with van der Waals surface area (Å²) in [6.07, 6.45) is 38.4. The predicted octanol–water partition coefficient (Wildman–Crippen LogP) is 30.0. The Morgan fingerprint density at radius 2 is 0.616 bits per heavy atom. The van der Waals surface area contributed by atoms with Crippen LogP contribution in [0.1, 0.15) is 248 Å². The van der Waals surface area contributed by atoms with Crippen LogP contribution in [0.5, 0.6) is 0 Å². The van der Waals surface area contributed by atoms with E-state index in [1.54, 1.807) is 12.4 Å². The molecular formula is C125H131F4Ir2N13Pt2-4. The van der Waals surface area contributed by atoms with Gasteiger partial charge in [0.05, 0.1) is 16.9 Å². The molecule has 5 fully saturated rings. The molecule has 0 unspecified atom stereocenters. The molecule has 146 heavy (non-hydrogen) atoms. The van der Waals surface area contributed by atoms with Crippen LogP contribution in [0, 0.1) is 99.4 Å². The summed E-state index contributed by atoms with van der Waals surface area (Å²) in [7, 11) is 6.00. The molecule has 21 heteroatoms. The molecule has 0 saturated heterocycles. The number of hydrogen-bond donors (Lipinski definition) is 0. The third kappa shape index (κ3) is 28.9. The fourth-order valence-corrected chi connectivity index (χ4v) is 21.9. The molecule has 13 nitrogen and oxygen atoms in total. The monoisotopic (exact) mass is 2670 g/mol. The van der Waals surface area contributed by atoms with Crippen molar-refractivity contribution in [3.63, 3.8) is 0 Å². The van der Waals surface area contributed by atoms with Gasteiger partial charge in [-0.3, -0.25) is 24.9 Å². The van der Waals surface area contributed by atoms with Crippen molar-refractivity contribution in [2.75, 3.05) is 0 Å². The van der Waals surface area contributed by atoms with E-state index in [0.29, 0.717) is 52.1 Å². The van der Waals surface area contributed by atoms with Gasteiger partial charge in [-0.2, -0.15) is 0 Å². The molecule has 0 amide bonds. The Kier molecular flexibility index (Phi) is 40.7. The van der Waals surface area contributed by atoms with Gasteiger partial charge < -0.3 is 38.6 Å². The minimum Gasteiger partial charge on any atom is -0.370 e. The Hall–Kier alpha value is -10.6. The van der Waals surface area contributed by atoms with Crippen molar-refractivity contribution in [3.8, 4) is 90.2 Å². The normalized spacial score (nSPS) is 15.4. The van der Waals surface area contributed by atoms with E-state index >= 15 is 8.78 Å². The summed E-state index contributed by atoms with van der Waals surface area (Å²) in [5, 5.41) is 0. The molecule has 0 bridgehead atoms. The van der Waals surface area contributed by atoms with Gasteiger partial charge in [0.2, 0.25) is 0 Å². The van der Waals surface area contributed by atoms with E-state index in [1.165, 1.54) is 113 Å². The number of benzene rings is 6. The van der Waals surface area contributed by atoms with Crippen LogP contribution in [-0.4, -0.2) is 63.5 Å². The number of aromatic nitrogens is 13. The van der Waals surface area contributed by atoms with Crippen LogP contribution in [-0.2, 0) is 146 Å². The molecule has 16 aromatic rings. The summed E-state index contributed by atoms with van der Waals surface area (Å²) >= 11 is 0. The van der Waals surface area contributed by atoms with E-state index < -0.39 is 29.2 Å². The average Bonchev–Trinajstić information content (AvgIpc) is 1.58. The molecule has 5 saturated carbocycles. The van der Waals surface area contributed by atoms with E-state index in [4.69, 9.17) is 19.9 Å². The van der Waals surface area contributed by atoms with Crippen LogP contribution in [0.3, 0.4) is 0 Å². The second-order valence-electron chi connectivity index (χ2n) is 42.3. The summed E-state index contributed by atoms with van der Waals surface area (Å²) in [4.78, 5) is 44.7. The van der Waals surface area contributed by atoms with Gasteiger partial charge in [0, 0.05) is 126 Å². The van der Waals surface area contributed by atoms with Crippen LogP contribution >= 0.6 is 0 Å². The zero-order valence-electron chi connectivity index (χ0n) is 85.8. The Morgan fingerprint density at radius 1 is 0.301 bits per heavy atom. The summed E-state index contributed by atoms with van der Waals surface area (Å²) in [6.45, 7) is 20.3. The summed E-state index contributed by atoms with van der Waals surface area (Å²) < 4.78 is 64.3. The quantitative estimate of drug-likeness (QED) is 0.0365. The number of imidazole rings is 3. The predicted molar refractivity (Wildman–Crippen MR) is 561 cm³/mol. The summed E-state index contributed by atoms with van der Waals surface area (Å²) in [5.41, 5.74) is 20.1. The molecule has 0 aliphatic heterocycles. The molecule has 10 heterocycles. The first-order valence-corrected chi connectivity index (χ1v) is 50.7. The Balaban J connectivity index is 0.000000166. The summed E-state index contributed by atoms with van der Waals surface area (Å²) in [5.74, 6) is -1.60. The minimum absolute atomic E-state index is 0. The van der Waals surface area contributed by atoms with E-state index in [0.717, 1.165) is 160 Å². The van der Waals surface area contributed by atoms with Gasteiger partial charge in [-0.05, 0) is 210 Å². The van der Waals surface area contributed by atoms with Crippen molar-refractivity contribution in [2.24, 2.45) is 48.2 Å². The van der Waals surface area contributed by atoms with Gasteiger partial charge in [-0.15, -0.1) is 228 Å². The zero-order chi connectivity index (χ0) is 99.5. The van der Waals surface area contributed by atoms with Crippen molar-refractivity contribution in [3.05, 3.63) is 385 Å². The van der Waals surface area contributed by atoms with Crippen molar-refractivity contribution in [1.82, 2.24) is 63.5 Å². The molecule has 2 radical (unpaired) electrons. The van der Waals surface area contributed by atoms with Gasteiger partial charge in [0.25, 0.3) is 0 Å². The van der Waals surface area contributed by atoms with Gasteiger partial charge >= 0.3 is 42.1 Å². The standard InChI is InChI=1S/C35H40F4N6.C32H35N3.2C18H20N.2C11H8N.2Ir.2Pt/c1-33(2,31-42-27(21-11-13-25(36)40-29(21)38)23(44(31)5)19-34(3)15-7-8-16-34)32-43-28(22-12-14-26(37)41-30(22)39)24(45(32)6)20-35(4)17-9-10-18-35;1-31(2,28-20-14-19-26(33-28)24-15-8-5-9-16-24)29-27(23-32(3)21-12-7-13-22-32)35(4)30(34-29)25-17-10-6-11-18-25;2*1-18(10-5-6-11-18)14-15-9-12-19-17(13-15)16-7-3-2-4-8-16;2*1-2-6-10(7-3-1)11-8-4-5-9-12-11;;;;/h13-14H,7-10,15-20H2,1-6H3;5-6,8-11,14-15,17,19-20H,7,12-13,21-23H2,1-4H3;2*2-4,7,9,12-13H,5-6,10-11,14H2,1H3;2*1-6,8-9H;;;;/q2*-2;4*-1;;;2*+2. The maximum absolute atomic E-state index is 15.2. The Morgan fingerprint density at radius 3 is 0.959 bits per heavy atom. The van der Waals surface area contributed by atoms with Crippen LogP contribution in [0.2, 0.25) is 0 Å². The topological polar surface area (TPSA) is 144 Å². The van der Waals surface area contributed by atoms with Crippen molar-refractivity contribution in [1.29, 1.82) is 0 Å². The maximum atomic E-state index is 15.2. The molecule has 10 aromatic heterocycles. The smallest absolute Gasteiger partial charge is 0.370 e. The second-order valence-corrected chi connectivity index (χ2v) is 42.3. The molecular weight excluding hydrogens is 2530 g/mol. The van der Waals surface area contributed by atoms with Gasteiger partial charge in [0.15, 0.2) is 0 Å². The van der Waals surface area contributed by atoms with Crippen molar-refractivity contribution < 1.29 is 99.9 Å². The van der Waals surface area contributed by atoms with E-state index in [1.807, 2.05) is 201 Å².